The maximum Gasteiger partial charge on any atom is 0.329 e. The number of carbonyl (C=O) groups is 4. The maximum absolute atomic E-state index is 12.5. The SMILES string of the molecule is CC(C(=O)OCC(=O)Nc1ccccc1-c1ccccc1)N1C(=O)c2ccccc2C1=O. The number of nitrogens with zero attached hydrogens (tertiary/aromatic N) is 1. The highest BCUT2D eigenvalue weighted by atomic mass is 16.5. The van der Waals surface area contributed by atoms with Crippen molar-refractivity contribution in [1.82, 2.24) is 4.90 Å². The third kappa shape index (κ3) is 4.00. The van der Waals surface area contributed by atoms with Crippen LogP contribution in [0.1, 0.15) is 27.6 Å². The Kier molecular flexibility index (Phi) is 5.81. The summed E-state index contributed by atoms with van der Waals surface area (Å²) in [6.45, 7) is 0.849. The van der Waals surface area contributed by atoms with Crippen LogP contribution in [0.25, 0.3) is 11.1 Å². The van der Waals surface area contributed by atoms with Gasteiger partial charge in [-0.15, -0.1) is 0 Å². The number of hydrogen-bond donors (Lipinski definition) is 1. The second kappa shape index (κ2) is 8.85. The van der Waals surface area contributed by atoms with E-state index in [0.717, 1.165) is 16.0 Å². The molecule has 3 aromatic carbocycles. The summed E-state index contributed by atoms with van der Waals surface area (Å²) in [7, 11) is 0. The number of para-hydroxylation sites is 1. The van der Waals surface area contributed by atoms with Crippen molar-refractivity contribution in [3.05, 3.63) is 90.0 Å². The van der Waals surface area contributed by atoms with Gasteiger partial charge in [-0.05, 0) is 30.7 Å². The van der Waals surface area contributed by atoms with Gasteiger partial charge in [-0.3, -0.25) is 19.3 Å². The minimum absolute atomic E-state index is 0.243. The molecule has 0 aromatic heterocycles. The van der Waals surface area contributed by atoms with E-state index in [9.17, 15) is 19.2 Å². The average Bonchev–Trinajstić information content (AvgIpc) is 3.08. The average molecular weight is 428 g/mol. The summed E-state index contributed by atoms with van der Waals surface area (Å²) in [5.41, 5.74) is 2.82. The number of imide groups is 1. The molecule has 32 heavy (non-hydrogen) atoms. The molecule has 3 aromatic rings. The predicted octanol–water partition coefficient (Wildman–Crippen LogP) is 3.52. The normalized spacial score (nSPS) is 13.5. The maximum atomic E-state index is 12.5. The number of amides is 3. The first kappa shape index (κ1) is 21.0. The lowest BCUT2D eigenvalue weighted by atomic mass is 10.0. The van der Waals surface area contributed by atoms with Gasteiger partial charge in [0.2, 0.25) is 0 Å². The number of rotatable bonds is 6. The predicted molar refractivity (Wildman–Crippen MR) is 118 cm³/mol. The Labute approximate surface area is 184 Å². The fourth-order valence-electron chi connectivity index (χ4n) is 3.57. The molecule has 1 aliphatic rings. The van der Waals surface area contributed by atoms with E-state index in [4.69, 9.17) is 4.74 Å². The lowest BCUT2D eigenvalue weighted by molar-refractivity contribution is -0.150. The summed E-state index contributed by atoms with van der Waals surface area (Å²) in [5, 5.41) is 2.74. The van der Waals surface area contributed by atoms with Gasteiger partial charge in [0.05, 0.1) is 11.1 Å². The molecule has 160 valence electrons. The number of nitrogens with one attached hydrogen (secondary N) is 1. The third-order valence-corrected chi connectivity index (χ3v) is 5.19. The van der Waals surface area contributed by atoms with Crippen molar-refractivity contribution < 1.29 is 23.9 Å². The highest BCUT2D eigenvalue weighted by molar-refractivity contribution is 6.22. The first-order chi connectivity index (χ1) is 15.5. The van der Waals surface area contributed by atoms with Crippen molar-refractivity contribution in [2.45, 2.75) is 13.0 Å². The zero-order valence-electron chi connectivity index (χ0n) is 17.3. The largest absolute Gasteiger partial charge is 0.454 e. The van der Waals surface area contributed by atoms with Crippen LogP contribution in [-0.2, 0) is 14.3 Å². The molecule has 0 fully saturated rings. The van der Waals surface area contributed by atoms with Crippen molar-refractivity contribution in [1.29, 1.82) is 0 Å². The van der Waals surface area contributed by atoms with Gasteiger partial charge < -0.3 is 10.1 Å². The number of esters is 1. The van der Waals surface area contributed by atoms with E-state index in [1.54, 1.807) is 24.3 Å². The van der Waals surface area contributed by atoms with E-state index < -0.39 is 36.3 Å². The molecule has 0 spiro atoms. The molecular weight excluding hydrogens is 408 g/mol. The Morgan fingerprint density at radius 3 is 1.97 bits per heavy atom. The Balaban J connectivity index is 1.39. The van der Waals surface area contributed by atoms with Crippen LogP contribution in [0.4, 0.5) is 5.69 Å². The van der Waals surface area contributed by atoms with E-state index >= 15 is 0 Å². The van der Waals surface area contributed by atoms with Gasteiger partial charge in [-0.1, -0.05) is 60.7 Å². The summed E-state index contributed by atoms with van der Waals surface area (Å²) < 4.78 is 5.09. The first-order valence-electron chi connectivity index (χ1n) is 10.0. The first-order valence-corrected chi connectivity index (χ1v) is 10.0. The molecule has 0 aliphatic carbocycles. The van der Waals surface area contributed by atoms with Crippen LogP contribution in [0.5, 0.6) is 0 Å². The van der Waals surface area contributed by atoms with Crippen LogP contribution in [0.15, 0.2) is 78.9 Å². The van der Waals surface area contributed by atoms with Crippen LogP contribution in [0, 0.1) is 0 Å². The number of benzene rings is 3. The monoisotopic (exact) mass is 428 g/mol. The lowest BCUT2D eigenvalue weighted by Gasteiger charge is -2.20. The van der Waals surface area contributed by atoms with Crippen molar-refractivity contribution in [3.63, 3.8) is 0 Å². The lowest BCUT2D eigenvalue weighted by Crippen LogP contribution is -2.44. The smallest absolute Gasteiger partial charge is 0.329 e. The Hall–Kier alpha value is -4.26. The Bertz CT molecular complexity index is 1170. The molecule has 1 N–H and O–H groups in total. The van der Waals surface area contributed by atoms with E-state index in [1.807, 2.05) is 42.5 Å². The van der Waals surface area contributed by atoms with Crippen molar-refractivity contribution in [2.75, 3.05) is 11.9 Å². The van der Waals surface area contributed by atoms with Gasteiger partial charge in [-0.25, -0.2) is 4.79 Å². The molecule has 1 heterocycles. The van der Waals surface area contributed by atoms with E-state index in [1.165, 1.54) is 19.1 Å². The number of carbonyl (C=O) groups excluding carboxylic acids is 4. The van der Waals surface area contributed by atoms with Gasteiger partial charge in [0.25, 0.3) is 17.7 Å². The molecule has 3 amide bonds. The Morgan fingerprint density at radius 2 is 1.34 bits per heavy atom. The highest BCUT2D eigenvalue weighted by Crippen LogP contribution is 2.28. The second-order valence-corrected chi connectivity index (χ2v) is 7.27. The third-order valence-electron chi connectivity index (χ3n) is 5.19. The molecule has 0 bridgehead atoms. The molecule has 1 atom stereocenters. The van der Waals surface area contributed by atoms with E-state index in [2.05, 4.69) is 5.32 Å². The van der Waals surface area contributed by atoms with Crippen LogP contribution in [0.2, 0.25) is 0 Å². The minimum atomic E-state index is -1.16. The molecule has 7 heteroatoms. The molecule has 0 radical (unpaired) electrons. The summed E-state index contributed by atoms with van der Waals surface area (Å²) in [4.78, 5) is 50.8. The molecule has 0 saturated carbocycles. The van der Waals surface area contributed by atoms with Gasteiger partial charge in [0.15, 0.2) is 6.61 Å². The Morgan fingerprint density at radius 1 is 0.812 bits per heavy atom. The number of ether oxygens (including phenoxy) is 1. The van der Waals surface area contributed by atoms with Crippen LogP contribution < -0.4 is 5.32 Å². The number of hydrogen-bond acceptors (Lipinski definition) is 5. The molecule has 1 aliphatic heterocycles. The summed E-state index contributed by atoms with van der Waals surface area (Å²) in [6, 6.07) is 22.0. The fraction of sp³-hybridized carbons (Fsp3) is 0.120. The molecular formula is C25H20N2O5. The van der Waals surface area contributed by atoms with Crippen LogP contribution in [-0.4, -0.2) is 41.2 Å². The van der Waals surface area contributed by atoms with Gasteiger partial charge in [0, 0.05) is 11.3 Å². The van der Waals surface area contributed by atoms with Crippen molar-refractivity contribution >= 4 is 29.4 Å². The number of anilines is 1. The van der Waals surface area contributed by atoms with Gasteiger partial charge >= 0.3 is 5.97 Å². The molecule has 4 rings (SSSR count). The number of fused-ring (bicyclic) bond motifs is 1. The quantitative estimate of drug-likeness (QED) is 0.479. The fourth-order valence-corrected chi connectivity index (χ4v) is 3.57. The highest BCUT2D eigenvalue weighted by Gasteiger charge is 2.41. The topological polar surface area (TPSA) is 92.8 Å². The minimum Gasteiger partial charge on any atom is -0.454 e. The van der Waals surface area contributed by atoms with Gasteiger partial charge in [-0.2, -0.15) is 0 Å². The van der Waals surface area contributed by atoms with Crippen molar-refractivity contribution in [3.8, 4) is 11.1 Å². The summed E-state index contributed by atoms with van der Waals surface area (Å²) in [6.07, 6.45) is 0. The standard InChI is InChI=1S/C25H20N2O5/c1-16(27-23(29)19-12-5-6-13-20(19)24(27)30)25(31)32-15-22(28)26-21-14-8-7-11-18(21)17-9-3-2-4-10-17/h2-14,16H,15H2,1H3,(H,26,28). The molecule has 1 unspecified atom stereocenters. The zero-order valence-corrected chi connectivity index (χ0v) is 17.3. The van der Waals surface area contributed by atoms with Crippen molar-refractivity contribution in [2.24, 2.45) is 0 Å². The van der Waals surface area contributed by atoms with Crippen LogP contribution in [0.3, 0.4) is 0 Å². The second-order valence-electron chi connectivity index (χ2n) is 7.27. The molecule has 7 nitrogen and oxygen atoms in total. The van der Waals surface area contributed by atoms with E-state index in [0.29, 0.717) is 5.69 Å². The van der Waals surface area contributed by atoms with E-state index in [-0.39, 0.29) is 11.1 Å². The zero-order chi connectivity index (χ0) is 22.7. The van der Waals surface area contributed by atoms with Gasteiger partial charge in [0.1, 0.15) is 6.04 Å². The molecule has 0 saturated heterocycles. The van der Waals surface area contributed by atoms with Crippen LogP contribution >= 0.6 is 0 Å². The summed E-state index contributed by atoms with van der Waals surface area (Å²) in [5.74, 6) is -2.49. The summed E-state index contributed by atoms with van der Waals surface area (Å²) >= 11 is 0.